The number of likely N-dealkylation sites (tertiary alicyclic amines) is 2. The Morgan fingerprint density at radius 2 is 1.65 bits per heavy atom. The number of benzene rings is 1. The third kappa shape index (κ3) is 3.81. The van der Waals surface area contributed by atoms with Crippen molar-refractivity contribution in [2.45, 2.75) is 57.5 Å². The quantitative estimate of drug-likeness (QED) is 0.770. The molecule has 2 heterocycles. The Hall–Kier alpha value is -1.39. The standard InChI is InChI=1S/C22H32N2O2/c1-26-21(25)19-7-5-18(6-8-19)17-23-13-9-22(10-14-23)11-15-24(16-12-22)20-3-2-4-20/h5-8,20H,2-4,9-17H2,1H3. The normalized spacial score (nSPS) is 24.3. The zero-order valence-corrected chi connectivity index (χ0v) is 16.1. The van der Waals surface area contributed by atoms with Crippen molar-refractivity contribution in [3.05, 3.63) is 35.4 Å². The minimum atomic E-state index is -0.260. The van der Waals surface area contributed by atoms with Gasteiger partial charge >= 0.3 is 5.97 Å². The maximum absolute atomic E-state index is 11.5. The van der Waals surface area contributed by atoms with Gasteiger partial charge in [0, 0.05) is 12.6 Å². The summed E-state index contributed by atoms with van der Waals surface area (Å²) >= 11 is 0. The highest BCUT2D eigenvalue weighted by Crippen LogP contribution is 2.43. The third-order valence-corrected chi connectivity index (χ3v) is 7.15. The number of carbonyl (C=O) groups excluding carboxylic acids is 1. The number of ether oxygens (including phenoxy) is 1. The van der Waals surface area contributed by atoms with Crippen molar-refractivity contribution in [1.29, 1.82) is 0 Å². The molecule has 0 atom stereocenters. The molecule has 2 saturated heterocycles. The number of piperidine rings is 2. The van der Waals surface area contributed by atoms with E-state index in [1.807, 2.05) is 12.1 Å². The topological polar surface area (TPSA) is 32.8 Å². The van der Waals surface area contributed by atoms with Crippen LogP contribution in [0, 0.1) is 5.41 Å². The number of esters is 1. The van der Waals surface area contributed by atoms with Crippen LogP contribution in [0.4, 0.5) is 0 Å². The predicted octanol–water partition coefficient (Wildman–Crippen LogP) is 3.70. The Labute approximate surface area is 157 Å². The largest absolute Gasteiger partial charge is 0.465 e. The van der Waals surface area contributed by atoms with Crippen LogP contribution in [0.3, 0.4) is 0 Å². The summed E-state index contributed by atoms with van der Waals surface area (Å²) in [6.45, 7) is 6.08. The van der Waals surface area contributed by atoms with Crippen molar-refractivity contribution in [3.8, 4) is 0 Å². The summed E-state index contributed by atoms with van der Waals surface area (Å²) in [4.78, 5) is 16.9. The van der Waals surface area contributed by atoms with E-state index in [1.165, 1.54) is 83.8 Å². The van der Waals surface area contributed by atoms with Crippen molar-refractivity contribution in [3.63, 3.8) is 0 Å². The Kier molecular flexibility index (Phi) is 5.32. The molecule has 4 heteroatoms. The van der Waals surface area contributed by atoms with Gasteiger partial charge in [0.25, 0.3) is 0 Å². The lowest BCUT2D eigenvalue weighted by Crippen LogP contribution is -2.50. The molecule has 0 unspecified atom stereocenters. The number of hydrogen-bond donors (Lipinski definition) is 0. The fourth-order valence-electron chi connectivity index (χ4n) is 4.92. The molecular formula is C22H32N2O2. The molecule has 2 aliphatic heterocycles. The molecule has 0 bridgehead atoms. The monoisotopic (exact) mass is 356 g/mol. The smallest absolute Gasteiger partial charge is 0.337 e. The molecular weight excluding hydrogens is 324 g/mol. The van der Waals surface area contributed by atoms with Gasteiger partial charge in [0.2, 0.25) is 0 Å². The summed E-state index contributed by atoms with van der Waals surface area (Å²) in [5.41, 5.74) is 2.53. The molecule has 3 fully saturated rings. The fraction of sp³-hybridized carbons (Fsp3) is 0.682. The van der Waals surface area contributed by atoms with Crippen LogP contribution in [0.25, 0.3) is 0 Å². The molecule has 0 aromatic heterocycles. The van der Waals surface area contributed by atoms with Crippen LogP contribution in [-0.2, 0) is 11.3 Å². The molecule has 1 aliphatic carbocycles. The zero-order chi connectivity index (χ0) is 18.0. The lowest BCUT2D eigenvalue weighted by molar-refractivity contribution is 0.00363. The van der Waals surface area contributed by atoms with Crippen LogP contribution in [-0.4, -0.2) is 55.1 Å². The third-order valence-electron chi connectivity index (χ3n) is 7.15. The molecule has 142 valence electrons. The van der Waals surface area contributed by atoms with Crippen molar-refractivity contribution in [2.24, 2.45) is 5.41 Å². The molecule has 4 nitrogen and oxygen atoms in total. The number of hydrogen-bond acceptors (Lipinski definition) is 4. The van der Waals surface area contributed by atoms with Gasteiger partial charge in [0.15, 0.2) is 0 Å². The molecule has 1 spiro atoms. The fourth-order valence-corrected chi connectivity index (χ4v) is 4.92. The summed E-state index contributed by atoms with van der Waals surface area (Å²) in [7, 11) is 1.43. The molecule has 4 rings (SSSR count). The van der Waals surface area contributed by atoms with E-state index < -0.39 is 0 Å². The highest BCUT2D eigenvalue weighted by Gasteiger charge is 2.39. The van der Waals surface area contributed by atoms with E-state index >= 15 is 0 Å². The van der Waals surface area contributed by atoms with Gasteiger partial charge < -0.3 is 9.64 Å². The molecule has 26 heavy (non-hydrogen) atoms. The van der Waals surface area contributed by atoms with Gasteiger partial charge in [-0.1, -0.05) is 18.6 Å². The van der Waals surface area contributed by atoms with Crippen LogP contribution in [0.2, 0.25) is 0 Å². The van der Waals surface area contributed by atoms with E-state index in [1.54, 1.807) is 0 Å². The summed E-state index contributed by atoms with van der Waals surface area (Å²) in [6, 6.07) is 8.80. The maximum Gasteiger partial charge on any atom is 0.337 e. The zero-order valence-electron chi connectivity index (χ0n) is 16.1. The predicted molar refractivity (Wildman–Crippen MR) is 103 cm³/mol. The van der Waals surface area contributed by atoms with E-state index in [-0.39, 0.29) is 5.97 Å². The molecule has 1 aromatic carbocycles. The summed E-state index contributed by atoms with van der Waals surface area (Å²) in [5.74, 6) is -0.260. The van der Waals surface area contributed by atoms with Gasteiger partial charge in [-0.05, 0) is 87.8 Å². The van der Waals surface area contributed by atoms with Gasteiger partial charge in [-0.25, -0.2) is 4.79 Å². The minimum Gasteiger partial charge on any atom is -0.465 e. The highest BCUT2D eigenvalue weighted by atomic mass is 16.5. The summed E-state index contributed by atoms with van der Waals surface area (Å²) in [5, 5.41) is 0. The first-order valence-electron chi connectivity index (χ1n) is 10.3. The first-order chi connectivity index (χ1) is 12.7. The van der Waals surface area contributed by atoms with E-state index in [2.05, 4.69) is 21.9 Å². The Morgan fingerprint density at radius 3 is 2.19 bits per heavy atom. The second-order valence-corrected chi connectivity index (χ2v) is 8.59. The van der Waals surface area contributed by atoms with Crippen molar-refractivity contribution >= 4 is 5.97 Å². The van der Waals surface area contributed by atoms with Gasteiger partial charge in [0.05, 0.1) is 12.7 Å². The van der Waals surface area contributed by atoms with Crippen LogP contribution in [0.5, 0.6) is 0 Å². The van der Waals surface area contributed by atoms with Crippen molar-refractivity contribution < 1.29 is 9.53 Å². The number of carbonyl (C=O) groups is 1. The molecule has 1 aromatic rings. The van der Waals surface area contributed by atoms with Gasteiger partial charge in [0.1, 0.15) is 0 Å². The first kappa shape index (κ1) is 18.0. The van der Waals surface area contributed by atoms with Gasteiger partial charge in [-0.15, -0.1) is 0 Å². The van der Waals surface area contributed by atoms with E-state index in [4.69, 9.17) is 4.74 Å². The average molecular weight is 357 g/mol. The summed E-state index contributed by atoms with van der Waals surface area (Å²) < 4.78 is 4.77. The molecule has 0 amide bonds. The summed E-state index contributed by atoms with van der Waals surface area (Å²) in [6.07, 6.45) is 9.85. The Balaban J connectivity index is 1.25. The van der Waals surface area contributed by atoms with Crippen LogP contribution in [0.1, 0.15) is 60.9 Å². The van der Waals surface area contributed by atoms with Gasteiger partial charge in [-0.3, -0.25) is 4.90 Å². The Bertz CT molecular complexity index is 606. The molecule has 0 N–H and O–H groups in total. The van der Waals surface area contributed by atoms with E-state index in [9.17, 15) is 4.79 Å². The number of nitrogens with zero attached hydrogens (tertiary/aromatic N) is 2. The van der Waals surface area contributed by atoms with Crippen molar-refractivity contribution in [2.75, 3.05) is 33.3 Å². The molecule has 3 aliphatic rings. The van der Waals surface area contributed by atoms with Crippen LogP contribution in [0.15, 0.2) is 24.3 Å². The second kappa shape index (κ2) is 7.69. The van der Waals surface area contributed by atoms with Crippen LogP contribution >= 0.6 is 0 Å². The second-order valence-electron chi connectivity index (χ2n) is 8.59. The Morgan fingerprint density at radius 1 is 1.04 bits per heavy atom. The van der Waals surface area contributed by atoms with Gasteiger partial charge in [-0.2, -0.15) is 0 Å². The van der Waals surface area contributed by atoms with E-state index in [0.717, 1.165) is 12.6 Å². The molecule has 1 saturated carbocycles. The highest BCUT2D eigenvalue weighted by molar-refractivity contribution is 5.89. The SMILES string of the molecule is COC(=O)c1ccc(CN2CCC3(CC2)CCN(C2CCC2)CC3)cc1. The maximum atomic E-state index is 11.5. The average Bonchev–Trinajstić information content (AvgIpc) is 2.64. The lowest BCUT2D eigenvalue weighted by Gasteiger charge is -2.50. The number of methoxy groups -OCH3 is 1. The number of rotatable bonds is 4. The van der Waals surface area contributed by atoms with Crippen LogP contribution < -0.4 is 0 Å². The lowest BCUT2D eigenvalue weighted by atomic mass is 9.70. The first-order valence-corrected chi connectivity index (χ1v) is 10.3. The van der Waals surface area contributed by atoms with Crippen molar-refractivity contribution in [1.82, 2.24) is 9.80 Å². The molecule has 0 radical (unpaired) electrons. The van der Waals surface area contributed by atoms with E-state index in [0.29, 0.717) is 11.0 Å². The minimum absolute atomic E-state index is 0.260.